The Balaban J connectivity index is 1.42. The highest BCUT2D eigenvalue weighted by molar-refractivity contribution is 6.00. The van der Waals surface area contributed by atoms with Crippen LogP contribution in [0.2, 0.25) is 0 Å². The molecule has 0 spiro atoms. The van der Waals surface area contributed by atoms with Gasteiger partial charge < -0.3 is 4.90 Å². The van der Waals surface area contributed by atoms with E-state index in [1.54, 1.807) is 0 Å². The molecule has 0 radical (unpaired) electrons. The molecule has 2 aliphatic carbocycles. The fourth-order valence-electron chi connectivity index (χ4n) is 6.23. The maximum atomic E-state index is 13.3. The molecule has 0 bridgehead atoms. The summed E-state index contributed by atoms with van der Waals surface area (Å²) in [5, 5.41) is 0. The lowest BCUT2D eigenvalue weighted by molar-refractivity contribution is -0.139. The first-order chi connectivity index (χ1) is 15.1. The number of hydrogen-bond acceptors (Lipinski definition) is 4. The number of likely N-dealkylation sites (tertiary alicyclic amines) is 1. The Labute approximate surface area is 185 Å². The first kappa shape index (κ1) is 20.9. The quantitative estimate of drug-likeness (QED) is 0.714. The Morgan fingerprint density at radius 2 is 1.65 bits per heavy atom. The number of carbonyl (C=O) groups excluding carboxylic acids is 2. The van der Waals surface area contributed by atoms with E-state index < -0.39 is 0 Å². The van der Waals surface area contributed by atoms with Crippen molar-refractivity contribution in [2.45, 2.75) is 96.4 Å². The summed E-state index contributed by atoms with van der Waals surface area (Å²) in [4.78, 5) is 40.0. The van der Waals surface area contributed by atoms with E-state index in [0.29, 0.717) is 18.2 Å². The Hall–Kier alpha value is -1.98. The van der Waals surface area contributed by atoms with Gasteiger partial charge in [-0.2, -0.15) is 0 Å². The fourth-order valence-corrected chi connectivity index (χ4v) is 6.23. The minimum atomic E-state index is -0.0434. The van der Waals surface area contributed by atoms with Gasteiger partial charge >= 0.3 is 0 Å². The SMILES string of the molecule is Cc1nc([C@@H]2CCCCN2C(=O)C2CCCC2)nc2c1CC(=O)N2CC1CCCCC1. The maximum absolute atomic E-state index is 13.3. The lowest BCUT2D eigenvalue weighted by Crippen LogP contribution is -2.42. The Morgan fingerprint density at radius 1 is 0.935 bits per heavy atom. The Morgan fingerprint density at radius 3 is 2.42 bits per heavy atom. The smallest absolute Gasteiger partial charge is 0.232 e. The second-order valence-electron chi connectivity index (χ2n) is 10.2. The van der Waals surface area contributed by atoms with Gasteiger partial charge in [-0.25, -0.2) is 9.97 Å². The third kappa shape index (κ3) is 4.10. The van der Waals surface area contributed by atoms with E-state index in [0.717, 1.165) is 68.1 Å². The van der Waals surface area contributed by atoms with Crippen LogP contribution in [0, 0.1) is 18.8 Å². The van der Waals surface area contributed by atoms with Crippen molar-refractivity contribution in [2.24, 2.45) is 11.8 Å². The van der Waals surface area contributed by atoms with Gasteiger partial charge in [-0.05, 0) is 57.8 Å². The predicted octanol–water partition coefficient (Wildman–Crippen LogP) is 4.50. The second-order valence-corrected chi connectivity index (χ2v) is 10.2. The number of fused-ring (bicyclic) bond motifs is 1. The molecule has 6 nitrogen and oxygen atoms in total. The van der Waals surface area contributed by atoms with Gasteiger partial charge in [0, 0.05) is 30.3 Å². The molecule has 168 valence electrons. The molecule has 0 N–H and O–H groups in total. The van der Waals surface area contributed by atoms with Gasteiger partial charge in [-0.3, -0.25) is 14.5 Å². The third-order valence-corrected chi connectivity index (χ3v) is 8.05. The predicted molar refractivity (Wildman–Crippen MR) is 120 cm³/mol. The summed E-state index contributed by atoms with van der Waals surface area (Å²) in [6.45, 7) is 3.61. The van der Waals surface area contributed by atoms with E-state index in [9.17, 15) is 9.59 Å². The van der Waals surface area contributed by atoms with E-state index in [2.05, 4.69) is 4.90 Å². The van der Waals surface area contributed by atoms with Crippen molar-refractivity contribution in [2.75, 3.05) is 18.0 Å². The van der Waals surface area contributed by atoms with E-state index in [-0.39, 0.29) is 17.9 Å². The highest BCUT2D eigenvalue weighted by Crippen LogP contribution is 2.38. The molecule has 5 rings (SSSR count). The number of aromatic nitrogens is 2. The normalized spacial score (nSPS) is 25.3. The molecule has 1 atom stereocenters. The van der Waals surface area contributed by atoms with E-state index in [1.165, 1.54) is 44.9 Å². The average molecular weight is 425 g/mol. The first-order valence-corrected chi connectivity index (χ1v) is 12.6. The topological polar surface area (TPSA) is 66.4 Å². The van der Waals surface area contributed by atoms with Gasteiger partial charge in [-0.15, -0.1) is 0 Å². The molecule has 4 aliphatic rings. The van der Waals surface area contributed by atoms with Gasteiger partial charge in [0.25, 0.3) is 0 Å². The number of rotatable bonds is 4. The number of amides is 2. The van der Waals surface area contributed by atoms with Crippen molar-refractivity contribution in [3.05, 3.63) is 17.1 Å². The van der Waals surface area contributed by atoms with Crippen molar-refractivity contribution >= 4 is 17.6 Å². The van der Waals surface area contributed by atoms with Crippen LogP contribution in [0.25, 0.3) is 0 Å². The largest absolute Gasteiger partial charge is 0.332 e. The maximum Gasteiger partial charge on any atom is 0.232 e. The standard InChI is InChI=1S/C25H36N4O2/c1-17-20-15-22(30)29(16-18-9-3-2-4-10-18)24(20)27-23(26-17)21-13-7-8-14-28(21)25(31)19-11-5-6-12-19/h18-19,21H,2-16H2,1H3/t21-/m0/s1. The van der Waals surface area contributed by atoms with Crippen LogP contribution in [0.3, 0.4) is 0 Å². The van der Waals surface area contributed by atoms with Gasteiger partial charge in [-0.1, -0.05) is 32.1 Å². The van der Waals surface area contributed by atoms with Crippen LogP contribution < -0.4 is 4.90 Å². The summed E-state index contributed by atoms with van der Waals surface area (Å²) in [6.07, 6.45) is 14.2. The average Bonchev–Trinajstić information content (AvgIpc) is 3.43. The number of hydrogen-bond donors (Lipinski definition) is 0. The monoisotopic (exact) mass is 424 g/mol. The van der Waals surface area contributed by atoms with Crippen molar-refractivity contribution in [1.29, 1.82) is 0 Å². The summed E-state index contributed by atoms with van der Waals surface area (Å²) in [6, 6.07) is -0.0434. The van der Waals surface area contributed by atoms with Crippen LogP contribution in [-0.2, 0) is 16.0 Å². The summed E-state index contributed by atoms with van der Waals surface area (Å²) in [5.41, 5.74) is 1.91. The van der Waals surface area contributed by atoms with E-state index in [4.69, 9.17) is 9.97 Å². The lowest BCUT2D eigenvalue weighted by atomic mass is 9.89. The van der Waals surface area contributed by atoms with Crippen LogP contribution in [-0.4, -0.2) is 39.8 Å². The fraction of sp³-hybridized carbons (Fsp3) is 0.760. The minimum absolute atomic E-state index is 0.0434. The number of anilines is 1. The molecular weight excluding hydrogens is 388 g/mol. The number of aryl methyl sites for hydroxylation is 1. The van der Waals surface area contributed by atoms with Crippen LogP contribution in [0.15, 0.2) is 0 Å². The molecule has 2 saturated carbocycles. The number of carbonyl (C=O) groups is 2. The molecule has 1 aromatic rings. The van der Waals surface area contributed by atoms with Crippen molar-refractivity contribution in [3.8, 4) is 0 Å². The zero-order valence-electron chi connectivity index (χ0n) is 18.9. The van der Waals surface area contributed by atoms with Gasteiger partial charge in [0.2, 0.25) is 11.8 Å². The molecule has 0 unspecified atom stereocenters. The van der Waals surface area contributed by atoms with Crippen molar-refractivity contribution in [3.63, 3.8) is 0 Å². The van der Waals surface area contributed by atoms with Gasteiger partial charge in [0.15, 0.2) is 5.82 Å². The third-order valence-electron chi connectivity index (χ3n) is 8.05. The highest BCUT2D eigenvalue weighted by atomic mass is 16.2. The lowest BCUT2D eigenvalue weighted by Gasteiger charge is -2.37. The molecule has 1 aromatic heterocycles. The van der Waals surface area contributed by atoms with Crippen LogP contribution in [0.5, 0.6) is 0 Å². The molecule has 3 heterocycles. The first-order valence-electron chi connectivity index (χ1n) is 12.6. The Bertz CT molecular complexity index is 842. The van der Waals surface area contributed by atoms with Crippen molar-refractivity contribution < 1.29 is 9.59 Å². The zero-order chi connectivity index (χ0) is 21.4. The molecule has 1 saturated heterocycles. The zero-order valence-corrected chi connectivity index (χ0v) is 18.9. The van der Waals surface area contributed by atoms with Gasteiger partial charge in [0.1, 0.15) is 5.82 Å². The second kappa shape index (κ2) is 8.87. The summed E-state index contributed by atoms with van der Waals surface area (Å²) < 4.78 is 0. The molecule has 2 amide bonds. The van der Waals surface area contributed by atoms with Crippen LogP contribution in [0.1, 0.15) is 100 Å². The molecule has 0 aromatic carbocycles. The van der Waals surface area contributed by atoms with Gasteiger partial charge in [0.05, 0.1) is 12.5 Å². The molecule has 3 fully saturated rings. The highest BCUT2D eigenvalue weighted by Gasteiger charge is 2.38. The van der Waals surface area contributed by atoms with Crippen LogP contribution in [0.4, 0.5) is 5.82 Å². The van der Waals surface area contributed by atoms with Crippen molar-refractivity contribution in [1.82, 2.24) is 14.9 Å². The molecule has 6 heteroatoms. The number of nitrogens with zero attached hydrogens (tertiary/aromatic N) is 4. The molecule has 2 aliphatic heterocycles. The number of piperidine rings is 1. The summed E-state index contributed by atoms with van der Waals surface area (Å²) in [7, 11) is 0. The molecular formula is C25H36N4O2. The van der Waals surface area contributed by atoms with E-state index >= 15 is 0 Å². The van der Waals surface area contributed by atoms with E-state index in [1.807, 2.05) is 11.8 Å². The summed E-state index contributed by atoms with van der Waals surface area (Å²) >= 11 is 0. The molecule has 31 heavy (non-hydrogen) atoms. The van der Waals surface area contributed by atoms with Crippen LogP contribution >= 0.6 is 0 Å². The minimum Gasteiger partial charge on any atom is -0.332 e. The summed E-state index contributed by atoms with van der Waals surface area (Å²) in [5.74, 6) is 2.82. The Kier molecular flexibility index (Phi) is 5.98.